The van der Waals surface area contributed by atoms with Crippen molar-refractivity contribution >= 4 is 37.9 Å². The van der Waals surface area contributed by atoms with Crippen molar-refractivity contribution in [1.29, 1.82) is 0 Å². The maximum atomic E-state index is 8.63. The summed E-state index contributed by atoms with van der Waals surface area (Å²) < 4.78 is 9.61. The van der Waals surface area contributed by atoms with Crippen molar-refractivity contribution in [3.63, 3.8) is 0 Å². The van der Waals surface area contributed by atoms with Gasteiger partial charge in [0.2, 0.25) is 0 Å². The Hall–Kier alpha value is 1.31. The second-order valence-corrected chi connectivity index (χ2v) is 2.44. The van der Waals surface area contributed by atoms with E-state index >= 15 is 0 Å². The van der Waals surface area contributed by atoms with E-state index in [0.29, 0.717) is 19.6 Å². The van der Waals surface area contributed by atoms with Crippen molar-refractivity contribution in [3.8, 4) is 0 Å². The van der Waals surface area contributed by atoms with Gasteiger partial charge in [-0.05, 0) is 0 Å². The van der Waals surface area contributed by atoms with Gasteiger partial charge in [0.15, 0.2) is 8.38 Å². The van der Waals surface area contributed by atoms with Crippen LogP contribution in [0.15, 0.2) is 0 Å². The van der Waals surface area contributed by atoms with Crippen LogP contribution in [-0.4, -0.2) is 54.0 Å². The van der Waals surface area contributed by atoms with Crippen LogP contribution in [0.5, 0.6) is 0 Å². The SMILES string of the molecule is OP1COCCO1.[Na]. The first-order valence-electron chi connectivity index (χ1n) is 2.06. The van der Waals surface area contributed by atoms with E-state index in [-0.39, 0.29) is 29.6 Å². The largest absolute Gasteiger partial charge is 0.370 e. The van der Waals surface area contributed by atoms with E-state index in [9.17, 15) is 0 Å². The van der Waals surface area contributed by atoms with Crippen LogP contribution in [0, 0.1) is 0 Å². The van der Waals surface area contributed by atoms with Crippen molar-refractivity contribution in [2.75, 3.05) is 19.6 Å². The molecule has 1 N–H and O–H groups in total. The molecule has 0 aromatic heterocycles. The van der Waals surface area contributed by atoms with Gasteiger partial charge in [-0.1, -0.05) is 0 Å². The van der Waals surface area contributed by atoms with Crippen molar-refractivity contribution in [1.82, 2.24) is 0 Å². The van der Waals surface area contributed by atoms with E-state index in [4.69, 9.17) is 14.2 Å². The third-order valence-electron chi connectivity index (χ3n) is 0.670. The van der Waals surface area contributed by atoms with Crippen molar-refractivity contribution in [2.24, 2.45) is 0 Å². The van der Waals surface area contributed by atoms with Crippen LogP contribution in [0.2, 0.25) is 0 Å². The summed E-state index contributed by atoms with van der Waals surface area (Å²) in [5, 5.41) is 0. The van der Waals surface area contributed by atoms with Gasteiger partial charge in [-0.25, -0.2) is 0 Å². The predicted molar refractivity (Wildman–Crippen MR) is 31.7 cm³/mol. The molecule has 1 fully saturated rings. The molecule has 1 aliphatic rings. The van der Waals surface area contributed by atoms with Crippen LogP contribution in [0.25, 0.3) is 0 Å². The minimum absolute atomic E-state index is 0. The third-order valence-corrected chi connectivity index (χ3v) is 1.55. The fourth-order valence-electron chi connectivity index (χ4n) is 0.381. The first kappa shape index (κ1) is 9.31. The van der Waals surface area contributed by atoms with Gasteiger partial charge < -0.3 is 14.2 Å². The van der Waals surface area contributed by atoms with Gasteiger partial charge in [0.05, 0.1) is 13.2 Å². The van der Waals surface area contributed by atoms with Gasteiger partial charge in [-0.15, -0.1) is 0 Å². The van der Waals surface area contributed by atoms with Gasteiger partial charge in [-0.2, -0.15) is 0 Å². The summed E-state index contributed by atoms with van der Waals surface area (Å²) in [4.78, 5) is 8.63. The first-order valence-corrected chi connectivity index (χ1v) is 3.46. The molecule has 0 saturated carbocycles. The second-order valence-electron chi connectivity index (χ2n) is 1.22. The maximum absolute atomic E-state index is 8.63. The summed E-state index contributed by atoms with van der Waals surface area (Å²) in [6.45, 7) is 1.17. The number of rotatable bonds is 0. The Morgan fingerprint density at radius 3 is 2.38 bits per heavy atom. The minimum atomic E-state index is -1.21. The number of ether oxygens (including phenoxy) is 1. The van der Waals surface area contributed by atoms with Gasteiger partial charge >= 0.3 is 0 Å². The van der Waals surface area contributed by atoms with Crippen LogP contribution in [0.1, 0.15) is 0 Å². The molecule has 0 amide bonds. The molecule has 1 saturated heterocycles. The fourth-order valence-corrected chi connectivity index (χ4v) is 1.03. The zero-order chi connectivity index (χ0) is 5.11. The molecule has 0 aromatic carbocycles. The molecule has 1 heterocycles. The molecule has 0 aliphatic carbocycles. The molecular formula is C3H7NaO3P. The van der Waals surface area contributed by atoms with Crippen molar-refractivity contribution in [2.45, 2.75) is 0 Å². The molecule has 1 aliphatic heterocycles. The van der Waals surface area contributed by atoms with Crippen LogP contribution in [0.3, 0.4) is 0 Å². The van der Waals surface area contributed by atoms with Crippen molar-refractivity contribution in [3.05, 3.63) is 0 Å². The van der Waals surface area contributed by atoms with E-state index in [0.717, 1.165) is 0 Å². The molecular weight excluding hydrogens is 138 g/mol. The number of hydrogen-bond acceptors (Lipinski definition) is 3. The molecule has 8 heavy (non-hydrogen) atoms. The Morgan fingerprint density at radius 2 is 2.12 bits per heavy atom. The molecule has 43 valence electrons. The van der Waals surface area contributed by atoms with Crippen LogP contribution >= 0.6 is 8.38 Å². The molecule has 0 spiro atoms. The maximum Gasteiger partial charge on any atom is 0.195 e. The Labute approximate surface area is 71.6 Å². The van der Waals surface area contributed by atoms with E-state index < -0.39 is 8.38 Å². The summed E-state index contributed by atoms with van der Waals surface area (Å²) in [5.41, 5.74) is 0. The summed E-state index contributed by atoms with van der Waals surface area (Å²) in [6, 6.07) is 0. The van der Waals surface area contributed by atoms with Crippen LogP contribution < -0.4 is 0 Å². The quantitative estimate of drug-likeness (QED) is 0.382. The van der Waals surface area contributed by atoms with E-state index in [2.05, 4.69) is 0 Å². The smallest absolute Gasteiger partial charge is 0.195 e. The molecule has 1 atom stereocenters. The molecule has 1 radical (unpaired) electrons. The second kappa shape index (κ2) is 5.12. The zero-order valence-electron chi connectivity index (χ0n) is 4.83. The van der Waals surface area contributed by atoms with Crippen LogP contribution in [0.4, 0.5) is 0 Å². The molecule has 1 unspecified atom stereocenters. The van der Waals surface area contributed by atoms with E-state index in [1.54, 1.807) is 0 Å². The third kappa shape index (κ3) is 3.36. The summed E-state index contributed by atoms with van der Waals surface area (Å²) in [6.07, 6.45) is 0.384. The monoisotopic (exact) mass is 145 g/mol. The Morgan fingerprint density at radius 1 is 1.38 bits per heavy atom. The molecule has 5 heteroatoms. The van der Waals surface area contributed by atoms with E-state index in [1.165, 1.54) is 0 Å². The zero-order valence-corrected chi connectivity index (χ0v) is 7.73. The van der Waals surface area contributed by atoms with Gasteiger partial charge in [0.25, 0.3) is 0 Å². The van der Waals surface area contributed by atoms with Gasteiger partial charge in [-0.3, -0.25) is 0 Å². The average Bonchev–Trinajstić information content (AvgIpc) is 1.69. The number of hydrogen-bond donors (Lipinski definition) is 1. The first-order chi connectivity index (χ1) is 3.39. The van der Waals surface area contributed by atoms with Gasteiger partial charge in [0, 0.05) is 29.6 Å². The summed E-state index contributed by atoms with van der Waals surface area (Å²) in [5.74, 6) is 0. The van der Waals surface area contributed by atoms with Crippen LogP contribution in [-0.2, 0) is 9.26 Å². The Kier molecular flexibility index (Phi) is 5.96. The topological polar surface area (TPSA) is 38.7 Å². The molecule has 1 rings (SSSR count). The van der Waals surface area contributed by atoms with Gasteiger partial charge in [0.1, 0.15) is 6.35 Å². The summed E-state index contributed by atoms with van der Waals surface area (Å²) >= 11 is 0. The Balaban J connectivity index is 0.000000490. The molecule has 0 aromatic rings. The standard InChI is InChI=1S/C3H7O3P.Na/c4-7-3-5-1-2-6-7;/h4H,1-3H2;. The Bertz CT molecular complexity index is 56.5. The molecule has 3 nitrogen and oxygen atoms in total. The summed E-state index contributed by atoms with van der Waals surface area (Å²) in [7, 11) is -1.21. The van der Waals surface area contributed by atoms with Crippen molar-refractivity contribution < 1.29 is 14.2 Å². The molecule has 0 bridgehead atoms. The average molecular weight is 145 g/mol. The fraction of sp³-hybridized carbons (Fsp3) is 1.00. The predicted octanol–water partition coefficient (Wildman–Crippen LogP) is -0.0859. The van der Waals surface area contributed by atoms with E-state index in [1.807, 2.05) is 0 Å². The minimum Gasteiger partial charge on any atom is -0.370 e. The normalized spacial score (nSPS) is 28.9.